The summed E-state index contributed by atoms with van der Waals surface area (Å²) in [5.41, 5.74) is 1.37. The topological polar surface area (TPSA) is 15.3 Å². The van der Waals surface area contributed by atoms with Crippen molar-refractivity contribution in [3.05, 3.63) is 34.3 Å². The second-order valence-corrected chi connectivity index (χ2v) is 7.32. The smallest absolute Gasteiger partial charge is 0.0340 e. The Hall–Kier alpha value is -0.380. The molecule has 0 saturated heterocycles. The van der Waals surface area contributed by atoms with Crippen LogP contribution >= 0.6 is 15.9 Å². The number of rotatable bonds is 6. The highest BCUT2D eigenvalue weighted by Gasteiger charge is 2.25. The molecule has 1 saturated carbocycles. The highest BCUT2D eigenvalue weighted by atomic mass is 79.9. The first-order chi connectivity index (χ1) is 10.1. The van der Waals surface area contributed by atoms with Crippen LogP contribution in [0.15, 0.2) is 28.7 Å². The Morgan fingerprint density at radius 2 is 2.00 bits per heavy atom. The van der Waals surface area contributed by atoms with E-state index in [4.69, 9.17) is 0 Å². The van der Waals surface area contributed by atoms with Crippen molar-refractivity contribution >= 4 is 15.9 Å². The summed E-state index contributed by atoms with van der Waals surface area (Å²) in [5.74, 6) is 0.847. The van der Waals surface area contributed by atoms with Crippen LogP contribution in [0.25, 0.3) is 0 Å². The van der Waals surface area contributed by atoms with E-state index in [2.05, 4.69) is 71.4 Å². The largest absolute Gasteiger partial charge is 0.313 e. The average Bonchev–Trinajstić information content (AvgIpc) is 2.49. The first kappa shape index (κ1) is 17.0. The molecule has 0 heterocycles. The van der Waals surface area contributed by atoms with E-state index in [0.29, 0.717) is 6.04 Å². The molecule has 2 nitrogen and oxygen atoms in total. The lowest BCUT2D eigenvalue weighted by Gasteiger charge is -2.37. The van der Waals surface area contributed by atoms with Crippen molar-refractivity contribution in [3.8, 4) is 0 Å². The predicted molar refractivity (Wildman–Crippen MR) is 94.6 cm³/mol. The summed E-state index contributed by atoms with van der Waals surface area (Å²) in [6, 6.07) is 9.74. The third-order valence-corrected chi connectivity index (χ3v) is 5.75. The molecule has 3 atom stereocenters. The summed E-state index contributed by atoms with van der Waals surface area (Å²) in [5, 5.41) is 3.47. The van der Waals surface area contributed by atoms with Gasteiger partial charge >= 0.3 is 0 Å². The Balaban J connectivity index is 1.92. The molecule has 1 aromatic rings. The van der Waals surface area contributed by atoms with Gasteiger partial charge in [0.05, 0.1) is 0 Å². The van der Waals surface area contributed by atoms with Gasteiger partial charge in [-0.05, 0) is 57.5 Å². The van der Waals surface area contributed by atoms with Crippen molar-refractivity contribution in [2.24, 2.45) is 5.92 Å². The highest BCUT2D eigenvalue weighted by molar-refractivity contribution is 9.10. The SMILES string of the molecule is CNC(CCN(C)C1CCCCC1C)c1ccccc1Br. The van der Waals surface area contributed by atoms with E-state index in [0.717, 1.165) is 24.9 Å². The standard InChI is InChI=1S/C18H29BrN2/c1-14-8-4-7-11-18(14)21(3)13-12-17(20-2)15-9-5-6-10-16(15)19/h5-6,9-10,14,17-18,20H,4,7-8,11-13H2,1-3H3. The number of hydrogen-bond donors (Lipinski definition) is 1. The van der Waals surface area contributed by atoms with Crippen LogP contribution in [-0.4, -0.2) is 31.6 Å². The maximum absolute atomic E-state index is 3.68. The molecule has 3 heteroatoms. The van der Waals surface area contributed by atoms with Crippen molar-refractivity contribution in [1.82, 2.24) is 10.2 Å². The van der Waals surface area contributed by atoms with Gasteiger partial charge in [0.1, 0.15) is 0 Å². The second-order valence-electron chi connectivity index (χ2n) is 6.46. The molecule has 1 N–H and O–H groups in total. The Kier molecular flexibility index (Phi) is 6.72. The van der Waals surface area contributed by atoms with Crippen LogP contribution in [0.4, 0.5) is 0 Å². The third-order valence-electron chi connectivity index (χ3n) is 5.03. The van der Waals surface area contributed by atoms with E-state index in [1.54, 1.807) is 0 Å². The van der Waals surface area contributed by atoms with E-state index < -0.39 is 0 Å². The minimum Gasteiger partial charge on any atom is -0.313 e. The number of benzene rings is 1. The van der Waals surface area contributed by atoms with Gasteiger partial charge in [-0.25, -0.2) is 0 Å². The van der Waals surface area contributed by atoms with E-state index in [1.165, 1.54) is 35.7 Å². The number of nitrogens with one attached hydrogen (secondary N) is 1. The zero-order chi connectivity index (χ0) is 15.2. The summed E-state index contributed by atoms with van der Waals surface area (Å²) < 4.78 is 1.21. The quantitative estimate of drug-likeness (QED) is 0.803. The fourth-order valence-electron chi connectivity index (χ4n) is 3.66. The van der Waals surface area contributed by atoms with E-state index in [-0.39, 0.29) is 0 Å². The molecule has 21 heavy (non-hydrogen) atoms. The van der Waals surface area contributed by atoms with Gasteiger partial charge in [-0.1, -0.05) is 53.9 Å². The van der Waals surface area contributed by atoms with Crippen molar-refractivity contribution in [2.45, 2.75) is 51.1 Å². The van der Waals surface area contributed by atoms with Crippen LogP contribution in [-0.2, 0) is 0 Å². The first-order valence-corrected chi connectivity index (χ1v) is 9.04. The van der Waals surface area contributed by atoms with Gasteiger partial charge in [-0.15, -0.1) is 0 Å². The summed E-state index contributed by atoms with van der Waals surface area (Å²) in [6.45, 7) is 3.57. The average molecular weight is 353 g/mol. The van der Waals surface area contributed by atoms with Crippen LogP contribution in [0.1, 0.15) is 50.6 Å². The van der Waals surface area contributed by atoms with Crippen LogP contribution in [0.2, 0.25) is 0 Å². The molecule has 0 aromatic heterocycles. The van der Waals surface area contributed by atoms with E-state index in [9.17, 15) is 0 Å². The van der Waals surface area contributed by atoms with Gasteiger partial charge in [0.2, 0.25) is 0 Å². The third kappa shape index (κ3) is 4.54. The Morgan fingerprint density at radius 1 is 1.29 bits per heavy atom. The summed E-state index contributed by atoms with van der Waals surface area (Å²) in [7, 11) is 4.37. The predicted octanol–water partition coefficient (Wildman–Crippen LogP) is 4.61. The van der Waals surface area contributed by atoms with Gasteiger partial charge < -0.3 is 10.2 Å². The molecular weight excluding hydrogens is 324 g/mol. The van der Waals surface area contributed by atoms with Crippen molar-refractivity contribution in [1.29, 1.82) is 0 Å². The Labute approximate surface area is 138 Å². The van der Waals surface area contributed by atoms with Crippen molar-refractivity contribution in [2.75, 3.05) is 20.6 Å². The molecule has 3 unspecified atom stereocenters. The number of nitrogens with zero attached hydrogens (tertiary/aromatic N) is 1. The minimum absolute atomic E-state index is 0.418. The molecule has 0 bridgehead atoms. The van der Waals surface area contributed by atoms with Crippen LogP contribution in [0.3, 0.4) is 0 Å². The van der Waals surface area contributed by atoms with Gasteiger partial charge in [0.25, 0.3) is 0 Å². The number of halogens is 1. The van der Waals surface area contributed by atoms with Crippen molar-refractivity contribution < 1.29 is 0 Å². The summed E-state index contributed by atoms with van der Waals surface area (Å²) in [6.07, 6.45) is 6.74. The fourth-order valence-corrected chi connectivity index (χ4v) is 4.22. The van der Waals surface area contributed by atoms with Gasteiger partial charge in [-0.2, -0.15) is 0 Å². The zero-order valence-corrected chi connectivity index (χ0v) is 15.2. The zero-order valence-electron chi connectivity index (χ0n) is 13.6. The molecule has 0 aliphatic heterocycles. The van der Waals surface area contributed by atoms with Gasteiger partial charge in [0.15, 0.2) is 0 Å². The van der Waals surface area contributed by atoms with Crippen LogP contribution in [0, 0.1) is 5.92 Å². The Morgan fingerprint density at radius 3 is 2.67 bits per heavy atom. The monoisotopic (exact) mass is 352 g/mol. The Bertz CT molecular complexity index is 435. The lowest BCUT2D eigenvalue weighted by molar-refractivity contribution is 0.135. The molecule has 0 amide bonds. The van der Waals surface area contributed by atoms with E-state index in [1.807, 2.05) is 0 Å². The van der Waals surface area contributed by atoms with Gasteiger partial charge in [-0.3, -0.25) is 0 Å². The molecule has 1 aromatic carbocycles. The molecule has 0 spiro atoms. The molecule has 1 aliphatic rings. The first-order valence-electron chi connectivity index (χ1n) is 8.25. The maximum atomic E-state index is 3.68. The molecule has 2 rings (SSSR count). The minimum atomic E-state index is 0.418. The van der Waals surface area contributed by atoms with Crippen LogP contribution < -0.4 is 5.32 Å². The van der Waals surface area contributed by atoms with E-state index >= 15 is 0 Å². The molecular formula is C18H29BrN2. The summed E-state index contributed by atoms with van der Waals surface area (Å²) in [4.78, 5) is 2.59. The number of hydrogen-bond acceptors (Lipinski definition) is 2. The van der Waals surface area contributed by atoms with Crippen molar-refractivity contribution in [3.63, 3.8) is 0 Å². The highest BCUT2D eigenvalue weighted by Crippen LogP contribution is 2.29. The second kappa shape index (κ2) is 8.30. The molecule has 118 valence electrons. The normalized spacial score (nSPS) is 24.2. The molecule has 1 aliphatic carbocycles. The fraction of sp³-hybridized carbons (Fsp3) is 0.667. The molecule has 0 radical (unpaired) electrons. The summed E-state index contributed by atoms with van der Waals surface area (Å²) >= 11 is 3.68. The van der Waals surface area contributed by atoms with Gasteiger partial charge in [0, 0.05) is 16.6 Å². The maximum Gasteiger partial charge on any atom is 0.0340 e. The lowest BCUT2D eigenvalue weighted by Crippen LogP contribution is -2.40. The van der Waals surface area contributed by atoms with Crippen LogP contribution in [0.5, 0.6) is 0 Å². The lowest BCUT2D eigenvalue weighted by atomic mass is 9.85. The molecule has 1 fully saturated rings.